The summed E-state index contributed by atoms with van der Waals surface area (Å²) in [6, 6.07) is 7.99. The van der Waals surface area contributed by atoms with Crippen LogP contribution in [0.4, 0.5) is 5.13 Å². The quantitative estimate of drug-likeness (QED) is 0.801. The highest BCUT2D eigenvalue weighted by Gasteiger charge is 2.13. The van der Waals surface area contributed by atoms with E-state index in [1.807, 2.05) is 36.6 Å². The lowest BCUT2D eigenvalue weighted by atomic mass is 10.1. The molecule has 0 spiro atoms. The lowest BCUT2D eigenvalue weighted by molar-refractivity contribution is 0.0996. The van der Waals surface area contributed by atoms with Gasteiger partial charge in [0.15, 0.2) is 11.5 Å². The molecule has 2 heterocycles. The summed E-state index contributed by atoms with van der Waals surface area (Å²) in [7, 11) is 0. The number of hydrogen-bond acceptors (Lipinski definition) is 5. The fraction of sp³-hybridized carbons (Fsp3) is 0.0714. The van der Waals surface area contributed by atoms with Gasteiger partial charge in [0.05, 0.1) is 11.9 Å². The first-order chi connectivity index (χ1) is 9.74. The average molecular weight is 285 g/mol. The molecular formula is C14H11N3O2S. The van der Waals surface area contributed by atoms with Gasteiger partial charge in [0.1, 0.15) is 0 Å². The number of aryl methyl sites for hydroxylation is 1. The van der Waals surface area contributed by atoms with Crippen LogP contribution in [0.5, 0.6) is 0 Å². The number of rotatable bonds is 3. The second-order valence-corrected chi connectivity index (χ2v) is 5.03. The summed E-state index contributed by atoms with van der Waals surface area (Å²) in [6.45, 7) is 2.03. The van der Waals surface area contributed by atoms with Crippen LogP contribution >= 0.6 is 11.3 Å². The first kappa shape index (κ1) is 12.6. The Balaban J connectivity index is 1.81. The molecule has 100 valence electrons. The fourth-order valence-electron chi connectivity index (χ4n) is 1.80. The van der Waals surface area contributed by atoms with E-state index in [1.165, 1.54) is 23.9 Å². The third-order valence-corrected chi connectivity index (χ3v) is 3.56. The Morgan fingerprint density at radius 3 is 2.95 bits per heavy atom. The number of amides is 1. The van der Waals surface area contributed by atoms with Crippen LogP contribution < -0.4 is 5.32 Å². The normalized spacial score (nSPS) is 10.4. The molecule has 0 saturated carbocycles. The lowest BCUT2D eigenvalue weighted by Crippen LogP contribution is -2.10. The van der Waals surface area contributed by atoms with Gasteiger partial charge < -0.3 is 4.42 Å². The van der Waals surface area contributed by atoms with Crippen LogP contribution in [-0.4, -0.2) is 15.9 Å². The number of hydrogen-bond donors (Lipinski definition) is 1. The maximum absolute atomic E-state index is 11.8. The van der Waals surface area contributed by atoms with E-state index in [2.05, 4.69) is 15.3 Å². The van der Waals surface area contributed by atoms with Gasteiger partial charge in [-0.05, 0) is 12.5 Å². The van der Waals surface area contributed by atoms with E-state index in [0.29, 0.717) is 5.13 Å². The van der Waals surface area contributed by atoms with Gasteiger partial charge in [0.25, 0.3) is 5.91 Å². The zero-order valence-electron chi connectivity index (χ0n) is 10.7. The summed E-state index contributed by atoms with van der Waals surface area (Å²) < 4.78 is 4.93. The zero-order valence-corrected chi connectivity index (χ0v) is 11.5. The molecule has 0 aliphatic heterocycles. The van der Waals surface area contributed by atoms with Gasteiger partial charge in [-0.3, -0.25) is 10.1 Å². The van der Waals surface area contributed by atoms with Gasteiger partial charge >= 0.3 is 0 Å². The smallest absolute Gasteiger partial charge is 0.294 e. The summed E-state index contributed by atoms with van der Waals surface area (Å²) in [5.41, 5.74) is 3.05. The average Bonchev–Trinajstić information content (AvgIpc) is 3.10. The number of nitrogens with one attached hydrogen (secondary N) is 1. The number of oxazole rings is 1. The molecule has 0 radical (unpaired) electrons. The third-order valence-electron chi connectivity index (χ3n) is 2.80. The Morgan fingerprint density at radius 2 is 2.20 bits per heavy atom. The number of carbonyl (C=O) groups is 1. The monoisotopic (exact) mass is 285 g/mol. The van der Waals surface area contributed by atoms with E-state index in [1.54, 1.807) is 0 Å². The standard InChI is InChI=1S/C14H11N3O2S/c1-9-4-2-3-5-10(9)11-7-20-14(16-11)17-13(18)12-6-15-8-19-12/h2-8H,1H3,(H,16,17,18). The van der Waals surface area contributed by atoms with E-state index < -0.39 is 0 Å². The molecular weight excluding hydrogens is 274 g/mol. The SMILES string of the molecule is Cc1ccccc1-c1csc(NC(=O)c2cnco2)n1. The Morgan fingerprint density at radius 1 is 1.35 bits per heavy atom. The van der Waals surface area contributed by atoms with Crippen LogP contribution in [0.15, 0.2) is 46.7 Å². The fourth-order valence-corrected chi connectivity index (χ4v) is 2.51. The highest BCUT2D eigenvalue weighted by atomic mass is 32.1. The van der Waals surface area contributed by atoms with Crippen molar-refractivity contribution in [2.75, 3.05) is 5.32 Å². The largest absolute Gasteiger partial charge is 0.438 e. The van der Waals surface area contributed by atoms with Crippen molar-refractivity contribution in [3.05, 3.63) is 53.6 Å². The van der Waals surface area contributed by atoms with Gasteiger partial charge in [-0.15, -0.1) is 11.3 Å². The van der Waals surface area contributed by atoms with E-state index in [0.717, 1.165) is 16.8 Å². The molecule has 0 aliphatic carbocycles. The van der Waals surface area contributed by atoms with Crippen molar-refractivity contribution in [1.82, 2.24) is 9.97 Å². The van der Waals surface area contributed by atoms with Gasteiger partial charge in [0, 0.05) is 10.9 Å². The molecule has 0 fully saturated rings. The summed E-state index contributed by atoms with van der Waals surface area (Å²) in [6.07, 6.45) is 2.58. The Labute approximate surface area is 119 Å². The molecule has 0 saturated heterocycles. The van der Waals surface area contributed by atoms with Gasteiger partial charge in [-0.25, -0.2) is 9.97 Å². The van der Waals surface area contributed by atoms with E-state index in [4.69, 9.17) is 4.42 Å². The topological polar surface area (TPSA) is 68.0 Å². The van der Waals surface area contributed by atoms with Crippen LogP contribution in [0.2, 0.25) is 0 Å². The minimum atomic E-state index is -0.354. The van der Waals surface area contributed by atoms with Crippen molar-refractivity contribution in [3.8, 4) is 11.3 Å². The molecule has 3 rings (SSSR count). The van der Waals surface area contributed by atoms with Gasteiger partial charge in [0.2, 0.25) is 5.76 Å². The highest BCUT2D eigenvalue weighted by Crippen LogP contribution is 2.27. The molecule has 2 aromatic heterocycles. The predicted octanol–water partition coefficient (Wildman–Crippen LogP) is 3.36. The molecule has 0 unspecified atom stereocenters. The Hall–Kier alpha value is -2.47. The summed E-state index contributed by atoms with van der Waals surface area (Å²) in [5.74, 6) is -0.189. The number of nitrogens with zero attached hydrogens (tertiary/aromatic N) is 2. The van der Waals surface area contributed by atoms with Crippen molar-refractivity contribution in [3.63, 3.8) is 0 Å². The summed E-state index contributed by atoms with van der Waals surface area (Å²) in [5, 5.41) is 5.14. The maximum Gasteiger partial charge on any atom is 0.294 e. The van der Waals surface area contributed by atoms with Crippen LogP contribution in [0.3, 0.4) is 0 Å². The van der Waals surface area contributed by atoms with Crippen LogP contribution in [-0.2, 0) is 0 Å². The van der Waals surface area contributed by atoms with Crippen molar-refractivity contribution in [2.45, 2.75) is 6.92 Å². The maximum atomic E-state index is 11.8. The number of carbonyl (C=O) groups excluding carboxylic acids is 1. The molecule has 1 amide bonds. The lowest BCUT2D eigenvalue weighted by Gasteiger charge is -2.01. The minimum Gasteiger partial charge on any atom is -0.438 e. The molecule has 6 heteroatoms. The van der Waals surface area contributed by atoms with Crippen molar-refractivity contribution in [1.29, 1.82) is 0 Å². The van der Waals surface area contributed by atoms with Gasteiger partial charge in [-0.1, -0.05) is 24.3 Å². The number of benzene rings is 1. The second kappa shape index (κ2) is 5.26. The first-order valence-corrected chi connectivity index (χ1v) is 6.83. The number of anilines is 1. The predicted molar refractivity (Wildman–Crippen MR) is 76.7 cm³/mol. The van der Waals surface area contributed by atoms with Crippen LogP contribution in [0.1, 0.15) is 16.1 Å². The molecule has 3 aromatic rings. The van der Waals surface area contributed by atoms with Gasteiger partial charge in [-0.2, -0.15) is 0 Å². The van der Waals surface area contributed by atoms with Crippen molar-refractivity contribution < 1.29 is 9.21 Å². The second-order valence-electron chi connectivity index (χ2n) is 4.17. The zero-order chi connectivity index (χ0) is 13.9. The molecule has 0 aliphatic rings. The molecule has 5 nitrogen and oxygen atoms in total. The Kier molecular flexibility index (Phi) is 3.30. The molecule has 1 N–H and O–H groups in total. The van der Waals surface area contributed by atoms with E-state index in [9.17, 15) is 4.79 Å². The summed E-state index contributed by atoms with van der Waals surface area (Å²) >= 11 is 1.37. The van der Waals surface area contributed by atoms with Crippen LogP contribution in [0, 0.1) is 6.92 Å². The minimum absolute atomic E-state index is 0.164. The highest BCUT2D eigenvalue weighted by molar-refractivity contribution is 7.14. The Bertz CT molecular complexity index is 734. The van der Waals surface area contributed by atoms with E-state index >= 15 is 0 Å². The van der Waals surface area contributed by atoms with Crippen LogP contribution in [0.25, 0.3) is 11.3 Å². The number of aromatic nitrogens is 2. The third kappa shape index (κ3) is 2.46. The molecule has 20 heavy (non-hydrogen) atoms. The molecule has 0 atom stereocenters. The molecule has 0 bridgehead atoms. The van der Waals surface area contributed by atoms with Crippen molar-refractivity contribution >= 4 is 22.4 Å². The van der Waals surface area contributed by atoms with Crippen molar-refractivity contribution in [2.24, 2.45) is 0 Å². The first-order valence-electron chi connectivity index (χ1n) is 5.95. The molecule has 1 aromatic carbocycles. The number of thiazole rings is 1. The summed E-state index contributed by atoms with van der Waals surface area (Å²) in [4.78, 5) is 19.9. The van der Waals surface area contributed by atoms with E-state index in [-0.39, 0.29) is 11.7 Å².